The lowest BCUT2D eigenvalue weighted by molar-refractivity contribution is 0.855. The molecule has 0 saturated heterocycles. The fraction of sp³-hybridized carbons (Fsp3) is 0.143. The van der Waals surface area contributed by atoms with Crippen molar-refractivity contribution in [1.29, 1.82) is 0 Å². The first-order chi connectivity index (χ1) is 10.5. The van der Waals surface area contributed by atoms with E-state index in [4.69, 9.17) is 0 Å². The van der Waals surface area contributed by atoms with E-state index in [9.17, 15) is 0 Å². The summed E-state index contributed by atoms with van der Waals surface area (Å²) in [5.41, 5.74) is 0. The second-order valence-electron chi connectivity index (χ2n) is 4.39. The van der Waals surface area contributed by atoms with Crippen LogP contribution in [0.25, 0.3) is 0 Å². The van der Waals surface area contributed by atoms with Crippen LogP contribution in [0.2, 0.25) is 0 Å². The zero-order chi connectivity index (χ0) is 14.8. The summed E-state index contributed by atoms with van der Waals surface area (Å²) in [6, 6.07) is 0. The van der Waals surface area contributed by atoms with Gasteiger partial charge in [-0.1, -0.05) is 103 Å². The topological polar surface area (TPSA) is 0 Å². The normalized spacial score (nSPS) is 30.9. The van der Waals surface area contributed by atoms with E-state index in [2.05, 4.69) is 24.3 Å². The highest BCUT2D eigenvalue weighted by Gasteiger charge is 1.79. The van der Waals surface area contributed by atoms with Gasteiger partial charge in [0.15, 0.2) is 0 Å². The molecule has 0 bridgehead atoms. The Kier molecular flexibility index (Phi) is 11.2. The number of allylic oxidation sites excluding steroid dienone is 18. The molecule has 1 aliphatic carbocycles. The first kappa shape index (κ1) is 16.7. The quantitative estimate of drug-likeness (QED) is 0.510. The summed E-state index contributed by atoms with van der Waals surface area (Å²) >= 11 is 0. The third-order valence-electron chi connectivity index (χ3n) is 2.60. The Balaban J connectivity index is 2.56. The SMILES string of the molecule is [C]1=C/C=C/C=C\C=C/C=C\C=C\C=C\C=C/C=C/CCC/1. The molecule has 0 aromatic rings. The van der Waals surface area contributed by atoms with Gasteiger partial charge >= 0.3 is 0 Å². The van der Waals surface area contributed by atoms with Crippen LogP contribution in [0.15, 0.2) is 103 Å². The van der Waals surface area contributed by atoms with Gasteiger partial charge < -0.3 is 0 Å². The van der Waals surface area contributed by atoms with Crippen molar-refractivity contribution in [3.05, 3.63) is 109 Å². The minimum absolute atomic E-state index is 0.998. The maximum absolute atomic E-state index is 3.27. The molecule has 0 unspecified atom stereocenters. The molecule has 107 valence electrons. The molecule has 1 aliphatic rings. The third kappa shape index (κ3) is 12.4. The van der Waals surface area contributed by atoms with E-state index in [0.29, 0.717) is 0 Å². The van der Waals surface area contributed by atoms with Crippen molar-refractivity contribution in [2.24, 2.45) is 0 Å². The predicted octanol–water partition coefficient (Wildman–Crippen LogP) is 5.98. The molecule has 0 spiro atoms. The van der Waals surface area contributed by atoms with Gasteiger partial charge in [-0.25, -0.2) is 0 Å². The van der Waals surface area contributed by atoms with Gasteiger partial charge in [-0.05, 0) is 25.3 Å². The van der Waals surface area contributed by atoms with Crippen LogP contribution in [-0.2, 0) is 0 Å². The molecule has 0 heteroatoms. The van der Waals surface area contributed by atoms with Gasteiger partial charge in [0.2, 0.25) is 0 Å². The molecule has 0 atom stereocenters. The summed E-state index contributed by atoms with van der Waals surface area (Å²) < 4.78 is 0. The van der Waals surface area contributed by atoms with Crippen molar-refractivity contribution >= 4 is 0 Å². The molecule has 0 fully saturated rings. The zero-order valence-electron chi connectivity index (χ0n) is 12.4. The van der Waals surface area contributed by atoms with Crippen molar-refractivity contribution < 1.29 is 0 Å². The molecular weight excluding hydrogens is 252 g/mol. The molecule has 0 saturated carbocycles. The average Bonchev–Trinajstić information content (AvgIpc) is 2.50. The predicted molar refractivity (Wildman–Crippen MR) is 94.8 cm³/mol. The van der Waals surface area contributed by atoms with Crippen LogP contribution in [0.4, 0.5) is 0 Å². The molecule has 0 heterocycles. The van der Waals surface area contributed by atoms with Crippen molar-refractivity contribution in [2.75, 3.05) is 0 Å². The van der Waals surface area contributed by atoms with E-state index in [0.717, 1.165) is 19.3 Å². The summed E-state index contributed by atoms with van der Waals surface area (Å²) in [7, 11) is 0. The van der Waals surface area contributed by atoms with Gasteiger partial charge in [0.1, 0.15) is 0 Å². The van der Waals surface area contributed by atoms with Crippen LogP contribution in [0.1, 0.15) is 19.3 Å². The molecule has 0 aliphatic heterocycles. The summed E-state index contributed by atoms with van der Waals surface area (Å²) in [5.74, 6) is 0. The third-order valence-corrected chi connectivity index (χ3v) is 2.60. The Morgan fingerprint density at radius 2 is 0.905 bits per heavy atom. The van der Waals surface area contributed by atoms with Crippen LogP contribution in [0.5, 0.6) is 0 Å². The van der Waals surface area contributed by atoms with Crippen molar-refractivity contribution in [1.82, 2.24) is 0 Å². The molecule has 1 radical (unpaired) electrons. The Bertz CT molecular complexity index is 454. The van der Waals surface area contributed by atoms with Gasteiger partial charge in [-0.15, -0.1) is 0 Å². The highest BCUT2D eigenvalue weighted by atomic mass is 13.8. The van der Waals surface area contributed by atoms with E-state index < -0.39 is 0 Å². The fourth-order valence-electron chi connectivity index (χ4n) is 1.54. The maximum atomic E-state index is 3.27. The van der Waals surface area contributed by atoms with Gasteiger partial charge in [0.25, 0.3) is 0 Å². The molecular formula is C21H23. The Labute approximate surface area is 129 Å². The van der Waals surface area contributed by atoms with E-state index >= 15 is 0 Å². The molecule has 1 rings (SSSR count). The minimum atomic E-state index is 0.998. The monoisotopic (exact) mass is 275 g/mol. The molecule has 0 N–H and O–H groups in total. The molecule has 0 nitrogen and oxygen atoms in total. The van der Waals surface area contributed by atoms with E-state index in [1.807, 2.05) is 85.1 Å². The van der Waals surface area contributed by atoms with Crippen molar-refractivity contribution in [2.45, 2.75) is 19.3 Å². The Morgan fingerprint density at radius 3 is 1.43 bits per heavy atom. The Hall–Kier alpha value is -2.34. The van der Waals surface area contributed by atoms with E-state index in [1.165, 1.54) is 0 Å². The van der Waals surface area contributed by atoms with Gasteiger partial charge in [-0.2, -0.15) is 0 Å². The van der Waals surface area contributed by atoms with Crippen molar-refractivity contribution in [3.8, 4) is 0 Å². The number of hydrogen-bond donors (Lipinski definition) is 0. The lowest BCUT2D eigenvalue weighted by atomic mass is 10.2. The average molecular weight is 275 g/mol. The second kappa shape index (κ2) is 14.1. The highest BCUT2D eigenvalue weighted by molar-refractivity contribution is 5.21. The van der Waals surface area contributed by atoms with E-state index in [1.54, 1.807) is 0 Å². The van der Waals surface area contributed by atoms with Gasteiger partial charge in [0.05, 0.1) is 0 Å². The second-order valence-corrected chi connectivity index (χ2v) is 4.39. The zero-order valence-corrected chi connectivity index (χ0v) is 12.4. The molecule has 0 aromatic heterocycles. The van der Waals surface area contributed by atoms with Crippen LogP contribution in [-0.4, -0.2) is 0 Å². The first-order valence-electron chi connectivity index (χ1n) is 7.38. The highest BCUT2D eigenvalue weighted by Crippen LogP contribution is 1.98. The largest absolute Gasteiger partial charge is 0.0845 e. The smallest absolute Gasteiger partial charge is 0.0273 e. The summed E-state index contributed by atoms with van der Waals surface area (Å²) in [5, 5.41) is 0. The molecule has 21 heavy (non-hydrogen) atoms. The number of hydrogen-bond acceptors (Lipinski definition) is 0. The lowest BCUT2D eigenvalue weighted by Crippen LogP contribution is -1.68. The summed E-state index contributed by atoms with van der Waals surface area (Å²) in [4.78, 5) is 0. The summed E-state index contributed by atoms with van der Waals surface area (Å²) in [6.07, 6.45) is 41.0. The van der Waals surface area contributed by atoms with Crippen LogP contribution in [0, 0.1) is 6.08 Å². The number of rotatable bonds is 0. The van der Waals surface area contributed by atoms with E-state index in [-0.39, 0.29) is 0 Å². The van der Waals surface area contributed by atoms with Gasteiger partial charge in [0, 0.05) is 0 Å². The van der Waals surface area contributed by atoms with Crippen LogP contribution < -0.4 is 0 Å². The van der Waals surface area contributed by atoms with Crippen LogP contribution in [0.3, 0.4) is 0 Å². The summed E-state index contributed by atoms with van der Waals surface area (Å²) in [6.45, 7) is 0. The fourth-order valence-corrected chi connectivity index (χ4v) is 1.54. The lowest BCUT2D eigenvalue weighted by Gasteiger charge is -1.87. The standard InChI is InChI=1S/C21H23/c1-2-4-6-8-10-12-14-16-18-20-21-19-17-15-13-11-9-7-5-3-1/h1-17H,18,20-21H2/b3-1-,4-2+,7-5-,8-6+,11-9-,12-10-,15-13+,16-14+,19-17?. The molecule has 0 amide bonds. The first-order valence-corrected chi connectivity index (χ1v) is 7.38. The van der Waals surface area contributed by atoms with Crippen LogP contribution >= 0.6 is 0 Å². The molecule has 0 aromatic carbocycles. The minimum Gasteiger partial charge on any atom is -0.0845 e. The maximum Gasteiger partial charge on any atom is -0.0273 e. The van der Waals surface area contributed by atoms with Gasteiger partial charge in [-0.3, -0.25) is 0 Å². The van der Waals surface area contributed by atoms with Crippen molar-refractivity contribution in [3.63, 3.8) is 0 Å². The Morgan fingerprint density at radius 1 is 0.476 bits per heavy atom.